The fraction of sp³-hybridized carbons (Fsp3) is 0.222. The standard InChI is InChI=1S/C9H10N2/c1-6-4-3-5-8-9(6)11-7(2)10-8/h3-5H,1-2H3,(H,10,11)/i3+1,4+1,5+1,6+1,7+1,8+1,9+1. The van der Waals surface area contributed by atoms with E-state index in [1.165, 1.54) is 5.56 Å². The van der Waals surface area contributed by atoms with Crippen LogP contribution in [0.25, 0.3) is 11.0 Å². The molecule has 0 saturated carbocycles. The third-order valence-electron chi connectivity index (χ3n) is 1.83. The lowest BCUT2D eigenvalue weighted by atomic mass is 11.0. The Morgan fingerprint density at radius 3 is 2.82 bits per heavy atom. The molecule has 2 heteroatoms. The third kappa shape index (κ3) is 0.909. The average Bonchev–Trinajstić information content (AvgIpc) is 2.31. The number of aromatic amines is 1. The van der Waals surface area contributed by atoms with E-state index in [4.69, 9.17) is 0 Å². The molecule has 2 rings (SSSR count). The summed E-state index contributed by atoms with van der Waals surface area (Å²) < 4.78 is 0. The molecule has 1 aromatic heterocycles. The van der Waals surface area contributed by atoms with Crippen molar-refractivity contribution < 1.29 is 0 Å². The van der Waals surface area contributed by atoms with Gasteiger partial charge in [0.05, 0.1) is 11.0 Å². The van der Waals surface area contributed by atoms with Crippen molar-refractivity contribution in [2.75, 3.05) is 0 Å². The Labute approximate surface area is 65.3 Å². The van der Waals surface area contributed by atoms with Crippen LogP contribution in [0.4, 0.5) is 0 Å². The first kappa shape index (κ1) is 6.40. The largest absolute Gasteiger partial charge is 0.342 e. The Bertz CT molecular complexity index is 387. The molecule has 1 N–H and O–H groups in total. The number of fused-ring (bicyclic) bond motifs is 1. The maximum Gasteiger partial charge on any atom is 0.104 e. The van der Waals surface area contributed by atoms with E-state index in [9.17, 15) is 0 Å². The molecule has 0 unspecified atom stereocenters. The van der Waals surface area contributed by atoms with Crippen LogP contribution in [0.3, 0.4) is 0 Å². The van der Waals surface area contributed by atoms with Crippen LogP contribution in [0.2, 0.25) is 0 Å². The summed E-state index contributed by atoms with van der Waals surface area (Å²) >= 11 is 0. The molecule has 2 aromatic rings. The molecular weight excluding hydrogens is 143 g/mol. The van der Waals surface area contributed by atoms with Crippen LogP contribution in [0.5, 0.6) is 0 Å². The summed E-state index contributed by atoms with van der Waals surface area (Å²) in [7, 11) is 0. The average molecular weight is 153 g/mol. The molecule has 0 amide bonds. The summed E-state index contributed by atoms with van der Waals surface area (Å²) in [6.45, 7) is 4.04. The van der Waals surface area contributed by atoms with E-state index >= 15 is 0 Å². The topological polar surface area (TPSA) is 28.7 Å². The molecule has 56 valence electrons. The van der Waals surface area contributed by atoms with E-state index in [1.807, 2.05) is 19.1 Å². The van der Waals surface area contributed by atoms with Gasteiger partial charge in [0, 0.05) is 0 Å². The van der Waals surface area contributed by atoms with Gasteiger partial charge in [0.1, 0.15) is 5.82 Å². The Morgan fingerprint density at radius 2 is 2.09 bits per heavy atom. The molecule has 1 aromatic carbocycles. The fourth-order valence-electron chi connectivity index (χ4n) is 1.30. The second-order valence-corrected chi connectivity index (χ2v) is 2.79. The number of aromatic nitrogens is 2. The smallest absolute Gasteiger partial charge is 0.104 e. The van der Waals surface area contributed by atoms with Gasteiger partial charge < -0.3 is 4.98 Å². The Balaban J connectivity index is 2.90. The van der Waals surface area contributed by atoms with Crippen LogP contribution in [-0.2, 0) is 0 Å². The highest BCUT2D eigenvalue weighted by Gasteiger charge is 1.99. The van der Waals surface area contributed by atoms with Gasteiger partial charge in [0.15, 0.2) is 0 Å². The molecular formula is C9H10N2. The van der Waals surface area contributed by atoms with Gasteiger partial charge in [-0.2, -0.15) is 0 Å². The number of nitrogens with zero attached hydrogens (tertiary/aromatic N) is 1. The number of hydrogen-bond donors (Lipinski definition) is 1. The summed E-state index contributed by atoms with van der Waals surface area (Å²) in [5.74, 6) is 0.981. The predicted molar refractivity (Wildman–Crippen MR) is 45.6 cm³/mol. The van der Waals surface area contributed by atoms with Gasteiger partial charge in [0.2, 0.25) is 0 Å². The molecule has 1 heterocycles. The lowest BCUT2D eigenvalue weighted by molar-refractivity contribution is 1.17. The zero-order valence-electron chi connectivity index (χ0n) is 6.68. The summed E-state index contributed by atoms with van der Waals surface area (Å²) in [6, 6.07) is 6.15. The molecule has 0 spiro atoms. The second kappa shape index (κ2) is 2.09. The minimum absolute atomic E-state index is 0.981. The van der Waals surface area contributed by atoms with Gasteiger partial charge in [-0.3, -0.25) is 0 Å². The zero-order chi connectivity index (χ0) is 7.84. The molecule has 0 aliphatic heterocycles. The van der Waals surface area contributed by atoms with Crippen molar-refractivity contribution in [2.45, 2.75) is 13.8 Å². The molecule has 0 bridgehead atoms. The van der Waals surface area contributed by atoms with E-state index in [1.54, 1.807) is 0 Å². The predicted octanol–water partition coefficient (Wildman–Crippen LogP) is 2.18. The number of imidazole rings is 1. The molecule has 2 nitrogen and oxygen atoms in total. The van der Waals surface area contributed by atoms with Gasteiger partial charge in [-0.25, -0.2) is 4.98 Å². The third-order valence-corrected chi connectivity index (χ3v) is 1.83. The number of hydrogen-bond acceptors (Lipinski definition) is 1. The SMILES string of the molecule is C[13c]1n[13c]2[13c](C)[13cH][13cH][13cH][13c]2[nH]1. The lowest BCUT2D eigenvalue weighted by Crippen LogP contribution is -1.74. The van der Waals surface area contributed by atoms with Crippen molar-refractivity contribution in [1.82, 2.24) is 9.97 Å². The van der Waals surface area contributed by atoms with Crippen LogP contribution in [0.1, 0.15) is 11.4 Å². The van der Waals surface area contributed by atoms with E-state index in [-0.39, 0.29) is 0 Å². The molecule has 11 heavy (non-hydrogen) atoms. The second-order valence-electron chi connectivity index (χ2n) is 2.79. The zero-order valence-corrected chi connectivity index (χ0v) is 6.68. The van der Waals surface area contributed by atoms with E-state index in [2.05, 4.69) is 23.0 Å². The first-order chi connectivity index (χ1) is 5.27. The molecule has 0 aliphatic rings. The summed E-state index contributed by atoms with van der Waals surface area (Å²) in [6.07, 6.45) is 0. The highest BCUT2D eigenvalue weighted by Crippen LogP contribution is 2.14. The highest BCUT2D eigenvalue weighted by atomic mass is 15.3. The van der Waals surface area contributed by atoms with Gasteiger partial charge in [-0.15, -0.1) is 0 Å². The number of para-hydroxylation sites is 1. The normalized spacial score (nSPS) is 10.7. The van der Waals surface area contributed by atoms with Crippen molar-refractivity contribution in [3.05, 3.63) is 29.6 Å². The number of H-pyrrole nitrogens is 1. The highest BCUT2D eigenvalue weighted by molar-refractivity contribution is 5.78. The first-order valence-corrected chi connectivity index (χ1v) is 3.69. The van der Waals surface area contributed by atoms with Gasteiger partial charge in [-0.05, 0) is 25.5 Å². The molecule has 0 saturated heterocycles. The lowest BCUT2D eigenvalue weighted by Gasteiger charge is -1.90. The fourth-order valence-corrected chi connectivity index (χ4v) is 1.30. The summed E-state index contributed by atoms with van der Waals surface area (Å²) in [4.78, 5) is 7.55. The van der Waals surface area contributed by atoms with E-state index < -0.39 is 0 Å². The summed E-state index contributed by atoms with van der Waals surface area (Å²) in [5, 5.41) is 0. The monoisotopic (exact) mass is 153 g/mol. The van der Waals surface area contributed by atoms with Gasteiger partial charge in [0.25, 0.3) is 0 Å². The van der Waals surface area contributed by atoms with Gasteiger partial charge in [-0.1, -0.05) is 12.1 Å². The van der Waals surface area contributed by atoms with Crippen LogP contribution in [0, 0.1) is 13.8 Å². The number of benzene rings is 1. The summed E-state index contributed by atoms with van der Waals surface area (Å²) in [5.41, 5.74) is 3.44. The Morgan fingerprint density at radius 1 is 1.27 bits per heavy atom. The first-order valence-electron chi connectivity index (χ1n) is 3.69. The maximum atomic E-state index is 4.36. The van der Waals surface area contributed by atoms with Crippen LogP contribution in [0.15, 0.2) is 18.2 Å². The number of aryl methyl sites for hydroxylation is 2. The minimum atomic E-state index is 0.981. The quantitative estimate of drug-likeness (QED) is 0.617. The van der Waals surface area contributed by atoms with Crippen molar-refractivity contribution in [2.24, 2.45) is 0 Å². The van der Waals surface area contributed by atoms with Crippen LogP contribution in [-0.4, -0.2) is 9.97 Å². The molecule has 0 atom stereocenters. The van der Waals surface area contributed by atoms with Crippen molar-refractivity contribution in [3.8, 4) is 0 Å². The van der Waals surface area contributed by atoms with E-state index in [0.29, 0.717) is 0 Å². The van der Waals surface area contributed by atoms with E-state index in [0.717, 1.165) is 16.9 Å². The molecule has 0 aliphatic carbocycles. The molecule has 0 radical (unpaired) electrons. The molecule has 0 fully saturated rings. The van der Waals surface area contributed by atoms with Crippen molar-refractivity contribution >= 4 is 11.0 Å². The van der Waals surface area contributed by atoms with Crippen LogP contribution >= 0.6 is 0 Å². The van der Waals surface area contributed by atoms with Crippen molar-refractivity contribution in [3.63, 3.8) is 0 Å². The maximum absolute atomic E-state index is 4.36. The number of nitrogens with one attached hydrogen (secondary N) is 1. The Kier molecular flexibility index (Phi) is 1.22. The Hall–Kier alpha value is -1.31. The minimum Gasteiger partial charge on any atom is -0.342 e. The number of rotatable bonds is 0. The van der Waals surface area contributed by atoms with Crippen LogP contribution < -0.4 is 0 Å². The van der Waals surface area contributed by atoms with Gasteiger partial charge >= 0.3 is 0 Å². The van der Waals surface area contributed by atoms with Crippen molar-refractivity contribution in [1.29, 1.82) is 0 Å².